The van der Waals surface area contributed by atoms with Gasteiger partial charge in [-0.05, 0) is 42.5 Å². The van der Waals surface area contributed by atoms with Crippen molar-refractivity contribution >= 4 is 19.7 Å². The molecule has 1 aliphatic rings. The molecular formula is C11H13ClO3S. The zero-order chi connectivity index (χ0) is 11.8. The van der Waals surface area contributed by atoms with Gasteiger partial charge in [-0.1, -0.05) is 6.07 Å². The van der Waals surface area contributed by atoms with Crippen molar-refractivity contribution < 1.29 is 13.2 Å². The Balaban J connectivity index is 2.29. The fraction of sp³-hybridized carbons (Fsp3) is 0.455. The molecule has 1 aromatic carbocycles. The number of aryl methyl sites for hydroxylation is 1. The molecular weight excluding hydrogens is 248 g/mol. The molecule has 0 aromatic heterocycles. The molecule has 1 atom stereocenters. The number of rotatable bonds is 2. The fourth-order valence-corrected chi connectivity index (χ4v) is 3.30. The summed E-state index contributed by atoms with van der Waals surface area (Å²) in [6, 6.07) is 5.73. The topological polar surface area (TPSA) is 43.4 Å². The van der Waals surface area contributed by atoms with Gasteiger partial charge < -0.3 is 4.74 Å². The number of benzene rings is 1. The van der Waals surface area contributed by atoms with Crippen LogP contribution in [0.2, 0.25) is 0 Å². The molecule has 0 amide bonds. The summed E-state index contributed by atoms with van der Waals surface area (Å²) in [5, 5.41) is -0.449. The number of methoxy groups -OCH3 is 1. The van der Waals surface area contributed by atoms with Crippen LogP contribution in [-0.2, 0) is 21.9 Å². The lowest BCUT2D eigenvalue weighted by atomic mass is 9.91. The third-order valence-corrected chi connectivity index (χ3v) is 4.95. The third-order valence-electron chi connectivity index (χ3n) is 2.99. The van der Waals surface area contributed by atoms with Gasteiger partial charge in [-0.2, -0.15) is 0 Å². The average molecular weight is 261 g/mol. The van der Waals surface area contributed by atoms with Crippen LogP contribution in [0.1, 0.15) is 17.5 Å². The van der Waals surface area contributed by atoms with Crippen LogP contribution in [0.3, 0.4) is 0 Å². The minimum Gasteiger partial charge on any atom is -0.497 e. The molecule has 0 saturated carbocycles. The number of ether oxygens (including phenoxy) is 1. The molecule has 0 spiro atoms. The molecule has 1 aromatic rings. The van der Waals surface area contributed by atoms with Gasteiger partial charge in [0.2, 0.25) is 9.05 Å². The van der Waals surface area contributed by atoms with E-state index in [1.807, 2.05) is 18.2 Å². The van der Waals surface area contributed by atoms with E-state index in [4.69, 9.17) is 15.4 Å². The van der Waals surface area contributed by atoms with Crippen molar-refractivity contribution in [1.82, 2.24) is 0 Å². The Bertz CT molecular complexity index is 496. The quantitative estimate of drug-likeness (QED) is 0.765. The number of fused-ring (bicyclic) bond motifs is 1. The highest BCUT2D eigenvalue weighted by molar-refractivity contribution is 8.14. The summed E-state index contributed by atoms with van der Waals surface area (Å²) in [6.45, 7) is 0. The Labute approximate surface area is 99.8 Å². The Kier molecular flexibility index (Phi) is 3.13. The van der Waals surface area contributed by atoms with Crippen molar-refractivity contribution in [3.8, 4) is 5.75 Å². The molecule has 0 heterocycles. The van der Waals surface area contributed by atoms with E-state index in [0.717, 1.165) is 23.3 Å². The lowest BCUT2D eigenvalue weighted by Gasteiger charge is -2.22. The van der Waals surface area contributed by atoms with Crippen molar-refractivity contribution in [1.29, 1.82) is 0 Å². The minimum absolute atomic E-state index is 0.449. The molecule has 3 nitrogen and oxygen atoms in total. The molecule has 1 unspecified atom stereocenters. The van der Waals surface area contributed by atoms with Gasteiger partial charge in [-0.25, -0.2) is 8.42 Å². The molecule has 16 heavy (non-hydrogen) atoms. The van der Waals surface area contributed by atoms with Crippen molar-refractivity contribution in [3.05, 3.63) is 29.3 Å². The van der Waals surface area contributed by atoms with Crippen molar-refractivity contribution in [3.63, 3.8) is 0 Å². The summed E-state index contributed by atoms with van der Waals surface area (Å²) in [5.74, 6) is 0.811. The number of hydrogen-bond acceptors (Lipinski definition) is 3. The summed E-state index contributed by atoms with van der Waals surface area (Å²) in [6.07, 6.45) is 1.83. The second-order valence-electron chi connectivity index (χ2n) is 3.98. The van der Waals surface area contributed by atoms with Gasteiger partial charge in [-0.15, -0.1) is 0 Å². The third kappa shape index (κ3) is 2.33. The highest BCUT2D eigenvalue weighted by Gasteiger charge is 2.28. The van der Waals surface area contributed by atoms with Crippen LogP contribution in [0.4, 0.5) is 0 Å². The minimum atomic E-state index is -3.44. The molecule has 88 valence electrons. The van der Waals surface area contributed by atoms with Crippen LogP contribution in [0.15, 0.2) is 18.2 Å². The smallest absolute Gasteiger partial charge is 0.235 e. The first-order valence-corrected chi connectivity index (χ1v) is 7.47. The van der Waals surface area contributed by atoms with Crippen LogP contribution in [0.5, 0.6) is 5.75 Å². The van der Waals surface area contributed by atoms with E-state index in [-0.39, 0.29) is 0 Å². The predicted octanol–water partition coefficient (Wildman–Crippen LogP) is 2.12. The van der Waals surface area contributed by atoms with Gasteiger partial charge in [0, 0.05) is 10.7 Å². The summed E-state index contributed by atoms with van der Waals surface area (Å²) in [7, 11) is 3.56. The van der Waals surface area contributed by atoms with Gasteiger partial charge in [0.1, 0.15) is 5.75 Å². The summed E-state index contributed by atoms with van der Waals surface area (Å²) < 4.78 is 27.6. The van der Waals surface area contributed by atoms with E-state index in [2.05, 4.69) is 0 Å². The average Bonchev–Trinajstić information content (AvgIpc) is 2.26. The van der Waals surface area contributed by atoms with Crippen LogP contribution < -0.4 is 4.74 Å². The highest BCUT2D eigenvalue weighted by atomic mass is 35.7. The molecule has 0 radical (unpaired) electrons. The second kappa shape index (κ2) is 4.26. The van der Waals surface area contributed by atoms with E-state index in [1.54, 1.807) is 7.11 Å². The summed E-state index contributed by atoms with van der Waals surface area (Å²) >= 11 is 0. The summed E-state index contributed by atoms with van der Waals surface area (Å²) in [5.41, 5.74) is 2.22. The van der Waals surface area contributed by atoms with Gasteiger partial charge in [0.15, 0.2) is 0 Å². The van der Waals surface area contributed by atoms with Crippen LogP contribution in [0, 0.1) is 0 Å². The predicted molar refractivity (Wildman–Crippen MR) is 63.6 cm³/mol. The molecule has 0 fully saturated rings. The fourth-order valence-electron chi connectivity index (χ4n) is 2.07. The zero-order valence-electron chi connectivity index (χ0n) is 8.94. The highest BCUT2D eigenvalue weighted by Crippen LogP contribution is 2.29. The molecule has 5 heteroatoms. The maximum atomic E-state index is 11.3. The van der Waals surface area contributed by atoms with Crippen LogP contribution in [0.25, 0.3) is 0 Å². The first kappa shape index (κ1) is 11.7. The van der Waals surface area contributed by atoms with E-state index < -0.39 is 14.3 Å². The van der Waals surface area contributed by atoms with Crippen molar-refractivity contribution in [2.45, 2.75) is 24.5 Å². The normalized spacial score (nSPS) is 20.2. The maximum absolute atomic E-state index is 11.3. The maximum Gasteiger partial charge on any atom is 0.235 e. The Morgan fingerprint density at radius 1 is 1.38 bits per heavy atom. The molecule has 0 aliphatic heterocycles. The molecule has 2 rings (SSSR count). The zero-order valence-corrected chi connectivity index (χ0v) is 10.5. The lowest BCUT2D eigenvalue weighted by molar-refractivity contribution is 0.413. The van der Waals surface area contributed by atoms with Crippen molar-refractivity contribution in [2.75, 3.05) is 7.11 Å². The largest absolute Gasteiger partial charge is 0.497 e. The molecule has 0 bridgehead atoms. The van der Waals surface area contributed by atoms with Gasteiger partial charge in [0.05, 0.1) is 12.4 Å². The first-order chi connectivity index (χ1) is 7.50. The van der Waals surface area contributed by atoms with E-state index in [9.17, 15) is 8.42 Å². The molecule has 0 saturated heterocycles. The van der Waals surface area contributed by atoms with Crippen LogP contribution in [-0.4, -0.2) is 20.8 Å². The van der Waals surface area contributed by atoms with Gasteiger partial charge in [-0.3, -0.25) is 0 Å². The Hall–Kier alpha value is -0.740. The number of hydrogen-bond donors (Lipinski definition) is 0. The second-order valence-corrected chi connectivity index (χ2v) is 6.88. The van der Waals surface area contributed by atoms with Gasteiger partial charge >= 0.3 is 0 Å². The van der Waals surface area contributed by atoms with E-state index in [0.29, 0.717) is 12.8 Å². The Morgan fingerprint density at radius 3 is 2.75 bits per heavy atom. The SMILES string of the molecule is COc1ccc2c(c1)CCC(S(=O)(=O)Cl)C2. The lowest BCUT2D eigenvalue weighted by Crippen LogP contribution is -2.24. The summed E-state index contributed by atoms with van der Waals surface area (Å²) in [4.78, 5) is 0. The Morgan fingerprint density at radius 2 is 2.12 bits per heavy atom. The standard InChI is InChI=1S/C11H13ClO3S/c1-15-10-4-2-9-7-11(16(12,13)14)5-3-8(9)6-10/h2,4,6,11H,3,5,7H2,1H3. The first-order valence-electron chi connectivity index (χ1n) is 5.10. The molecule has 1 aliphatic carbocycles. The van der Waals surface area contributed by atoms with E-state index in [1.165, 1.54) is 0 Å². The van der Waals surface area contributed by atoms with Crippen LogP contribution >= 0.6 is 10.7 Å². The number of halogens is 1. The molecule has 0 N–H and O–H groups in total. The van der Waals surface area contributed by atoms with Crippen molar-refractivity contribution in [2.24, 2.45) is 0 Å². The van der Waals surface area contributed by atoms with E-state index >= 15 is 0 Å². The van der Waals surface area contributed by atoms with Gasteiger partial charge in [0.25, 0.3) is 0 Å². The monoisotopic (exact) mass is 260 g/mol.